The quantitative estimate of drug-likeness (QED) is 0.682. The monoisotopic (exact) mass is 197 g/mol. The summed E-state index contributed by atoms with van der Waals surface area (Å²) in [5.74, 6) is 0.282. The van der Waals surface area contributed by atoms with Crippen LogP contribution in [0.25, 0.3) is 6.08 Å². The van der Waals surface area contributed by atoms with Gasteiger partial charge in [0, 0.05) is 11.8 Å². The molecule has 0 unspecified atom stereocenters. The molecule has 0 saturated carbocycles. The summed E-state index contributed by atoms with van der Waals surface area (Å²) in [4.78, 5) is 3.63. The zero-order valence-electron chi connectivity index (χ0n) is 7.51. The van der Waals surface area contributed by atoms with Crippen molar-refractivity contribution < 1.29 is 19.2 Å². The minimum absolute atomic E-state index is 0.125. The predicted octanol–water partition coefficient (Wildman–Crippen LogP) is 0.255. The van der Waals surface area contributed by atoms with Crippen LogP contribution in [0.1, 0.15) is 5.56 Å². The van der Waals surface area contributed by atoms with Crippen LogP contribution in [-0.2, 0) is 0 Å². The number of hydrogen-bond donors (Lipinski definition) is 2. The first kappa shape index (κ1) is 10.7. The molecule has 0 bridgehead atoms. The number of hydrogen-bond acceptors (Lipinski definition) is 4. The highest BCUT2D eigenvalue weighted by molar-refractivity contribution is 6.48. The molecule has 0 radical (unpaired) electrons. The number of methoxy groups -OCH3 is 1. The van der Waals surface area contributed by atoms with Gasteiger partial charge in [-0.1, -0.05) is 12.1 Å². The average molecular weight is 197 g/mol. The highest BCUT2D eigenvalue weighted by Crippen LogP contribution is 2.17. The molecule has 0 spiro atoms. The molecule has 0 aromatic carbocycles. The molecule has 0 aliphatic carbocycles. The van der Waals surface area contributed by atoms with E-state index in [0.717, 1.165) is 5.98 Å². The van der Waals surface area contributed by atoms with Crippen LogP contribution in [0.15, 0.2) is 18.2 Å². The van der Waals surface area contributed by atoms with E-state index in [0.29, 0.717) is 0 Å². The van der Waals surface area contributed by atoms with Crippen LogP contribution in [0.5, 0.6) is 5.88 Å². The van der Waals surface area contributed by atoms with Crippen LogP contribution in [-0.4, -0.2) is 29.3 Å². The van der Waals surface area contributed by atoms with Gasteiger partial charge in [-0.25, -0.2) is 9.37 Å². The SMILES string of the molecule is COc1nccc(/C=C/B(O)O)c1F. The molecule has 0 aliphatic heterocycles. The van der Waals surface area contributed by atoms with Gasteiger partial charge in [0.15, 0.2) is 5.82 Å². The molecule has 14 heavy (non-hydrogen) atoms. The molecule has 6 heteroatoms. The Kier molecular flexibility index (Phi) is 3.61. The average Bonchev–Trinajstić information content (AvgIpc) is 2.16. The number of rotatable bonds is 3. The van der Waals surface area contributed by atoms with Crippen molar-refractivity contribution in [1.82, 2.24) is 4.98 Å². The van der Waals surface area contributed by atoms with Gasteiger partial charge in [0.05, 0.1) is 7.11 Å². The Morgan fingerprint density at radius 3 is 2.86 bits per heavy atom. The predicted molar refractivity (Wildman–Crippen MR) is 50.0 cm³/mol. The highest BCUT2D eigenvalue weighted by atomic mass is 19.1. The van der Waals surface area contributed by atoms with Crippen molar-refractivity contribution in [3.63, 3.8) is 0 Å². The first-order valence-electron chi connectivity index (χ1n) is 3.88. The first-order valence-corrected chi connectivity index (χ1v) is 3.88. The Labute approximate surface area is 80.8 Å². The largest absolute Gasteiger partial charge is 0.480 e. The second-order valence-corrected chi connectivity index (χ2v) is 2.50. The molecule has 2 N–H and O–H groups in total. The lowest BCUT2D eigenvalue weighted by atomic mass is 9.91. The molecule has 0 fully saturated rings. The summed E-state index contributed by atoms with van der Waals surface area (Å²) in [5, 5.41) is 17.1. The third-order valence-corrected chi connectivity index (χ3v) is 1.53. The molecule has 1 aromatic rings. The Morgan fingerprint density at radius 2 is 2.29 bits per heavy atom. The zero-order chi connectivity index (χ0) is 10.6. The second-order valence-electron chi connectivity index (χ2n) is 2.50. The Hall–Kier alpha value is -1.40. The van der Waals surface area contributed by atoms with Gasteiger partial charge >= 0.3 is 7.12 Å². The number of halogens is 1. The van der Waals surface area contributed by atoms with Crippen LogP contribution < -0.4 is 4.74 Å². The van der Waals surface area contributed by atoms with Crippen LogP contribution in [0.2, 0.25) is 0 Å². The van der Waals surface area contributed by atoms with Crippen molar-refractivity contribution in [2.45, 2.75) is 0 Å². The van der Waals surface area contributed by atoms with Crippen LogP contribution >= 0.6 is 0 Å². The lowest BCUT2D eigenvalue weighted by Gasteiger charge is -2.01. The molecule has 0 aliphatic rings. The van der Waals surface area contributed by atoms with Gasteiger partial charge in [0.2, 0.25) is 0 Å². The van der Waals surface area contributed by atoms with Gasteiger partial charge in [-0.3, -0.25) is 0 Å². The summed E-state index contributed by atoms with van der Waals surface area (Å²) < 4.78 is 18.0. The summed E-state index contributed by atoms with van der Waals surface area (Å²) in [6.45, 7) is 0. The molecular weight excluding hydrogens is 188 g/mol. The lowest BCUT2D eigenvalue weighted by Crippen LogP contribution is -2.05. The van der Waals surface area contributed by atoms with Crippen LogP contribution in [0.4, 0.5) is 4.39 Å². The first-order chi connectivity index (χ1) is 6.65. The van der Waals surface area contributed by atoms with Crippen LogP contribution in [0, 0.1) is 5.82 Å². The van der Waals surface area contributed by atoms with Gasteiger partial charge in [-0.15, -0.1) is 0 Å². The minimum Gasteiger partial charge on any atom is -0.479 e. The zero-order valence-corrected chi connectivity index (χ0v) is 7.51. The summed E-state index contributed by atoms with van der Waals surface area (Å²) in [5.41, 5.74) is 0.185. The summed E-state index contributed by atoms with van der Waals surface area (Å²) in [6.07, 6.45) is 2.61. The normalized spacial score (nSPS) is 10.6. The Bertz CT molecular complexity index is 343. The van der Waals surface area contributed by atoms with Crippen molar-refractivity contribution in [3.8, 4) is 5.88 Å². The molecule has 0 amide bonds. The molecule has 0 atom stereocenters. The van der Waals surface area contributed by atoms with Crippen LogP contribution in [0.3, 0.4) is 0 Å². The van der Waals surface area contributed by atoms with Gasteiger partial charge in [0.25, 0.3) is 5.88 Å². The van der Waals surface area contributed by atoms with Crippen molar-refractivity contribution in [3.05, 3.63) is 29.6 Å². The fourth-order valence-electron chi connectivity index (χ4n) is 0.899. The van der Waals surface area contributed by atoms with E-state index in [1.165, 1.54) is 25.4 Å². The van der Waals surface area contributed by atoms with Gasteiger partial charge < -0.3 is 14.8 Å². The van der Waals surface area contributed by atoms with E-state index in [1.807, 2.05) is 0 Å². The van der Waals surface area contributed by atoms with Crippen molar-refractivity contribution in [2.24, 2.45) is 0 Å². The second kappa shape index (κ2) is 4.73. The standard InChI is InChI=1S/C8H9BFNO3/c1-14-8-7(10)6(3-5-11-8)2-4-9(12)13/h2-5,12-13H,1H3/b4-2+. The van der Waals surface area contributed by atoms with Gasteiger partial charge in [-0.2, -0.15) is 0 Å². The van der Waals surface area contributed by atoms with E-state index in [1.54, 1.807) is 0 Å². The fourth-order valence-corrected chi connectivity index (χ4v) is 0.899. The van der Waals surface area contributed by atoms with Crippen molar-refractivity contribution in [1.29, 1.82) is 0 Å². The number of aromatic nitrogens is 1. The van der Waals surface area contributed by atoms with E-state index < -0.39 is 12.9 Å². The lowest BCUT2D eigenvalue weighted by molar-refractivity contribution is 0.368. The maximum atomic E-state index is 13.3. The van der Waals surface area contributed by atoms with Crippen molar-refractivity contribution >= 4 is 13.2 Å². The van der Waals surface area contributed by atoms with E-state index in [9.17, 15) is 4.39 Å². The fraction of sp³-hybridized carbons (Fsp3) is 0.125. The van der Waals surface area contributed by atoms with Crippen molar-refractivity contribution in [2.75, 3.05) is 7.11 Å². The Morgan fingerprint density at radius 1 is 1.57 bits per heavy atom. The minimum atomic E-state index is -1.60. The summed E-state index contributed by atoms with van der Waals surface area (Å²) in [7, 11) is -0.298. The van der Waals surface area contributed by atoms with E-state index in [2.05, 4.69) is 9.72 Å². The van der Waals surface area contributed by atoms with Gasteiger partial charge in [-0.05, 0) is 6.07 Å². The van der Waals surface area contributed by atoms with Gasteiger partial charge in [0.1, 0.15) is 0 Å². The summed E-state index contributed by atoms with van der Waals surface area (Å²) in [6, 6.07) is 1.40. The van der Waals surface area contributed by atoms with E-state index >= 15 is 0 Å². The third kappa shape index (κ3) is 2.55. The molecule has 1 rings (SSSR count). The Balaban J connectivity index is 2.98. The molecular formula is C8H9BFNO3. The maximum absolute atomic E-state index is 13.3. The molecule has 1 aromatic heterocycles. The molecule has 4 nitrogen and oxygen atoms in total. The molecule has 74 valence electrons. The van der Waals surface area contributed by atoms with E-state index in [4.69, 9.17) is 10.0 Å². The maximum Gasteiger partial charge on any atom is 0.480 e. The summed E-state index contributed by atoms with van der Waals surface area (Å²) >= 11 is 0. The highest BCUT2D eigenvalue weighted by Gasteiger charge is 2.08. The number of pyridine rings is 1. The topological polar surface area (TPSA) is 62.6 Å². The smallest absolute Gasteiger partial charge is 0.479 e. The van der Waals surface area contributed by atoms with E-state index in [-0.39, 0.29) is 11.4 Å². The number of nitrogens with zero attached hydrogens (tertiary/aromatic N) is 1. The number of ether oxygens (including phenoxy) is 1. The molecule has 0 saturated heterocycles. The third-order valence-electron chi connectivity index (χ3n) is 1.53. The molecule has 1 heterocycles.